The lowest BCUT2D eigenvalue weighted by Gasteiger charge is -2.45. The van der Waals surface area contributed by atoms with E-state index in [0.717, 1.165) is 11.1 Å². The van der Waals surface area contributed by atoms with Crippen LogP contribution in [0, 0.1) is 11.3 Å². The van der Waals surface area contributed by atoms with E-state index < -0.39 is 17.3 Å². The van der Waals surface area contributed by atoms with E-state index in [9.17, 15) is 9.90 Å². The van der Waals surface area contributed by atoms with E-state index in [-0.39, 0.29) is 6.04 Å². The maximum absolute atomic E-state index is 13.0. The van der Waals surface area contributed by atoms with Crippen molar-refractivity contribution in [1.82, 2.24) is 4.90 Å². The largest absolute Gasteiger partial charge is 0.438 e. The highest BCUT2D eigenvalue weighted by molar-refractivity contribution is 5.70. The van der Waals surface area contributed by atoms with Gasteiger partial charge in [0.25, 0.3) is 0 Å². The number of cyclic esters (lactones) is 1. The molecule has 1 N–H and O–H groups in total. The van der Waals surface area contributed by atoms with E-state index in [4.69, 9.17) is 10.00 Å². The zero-order valence-corrected chi connectivity index (χ0v) is 16.6. The van der Waals surface area contributed by atoms with Crippen LogP contribution in [0.3, 0.4) is 0 Å². The van der Waals surface area contributed by atoms with Crippen molar-refractivity contribution in [2.24, 2.45) is 0 Å². The number of ether oxygens (including phenoxy) is 1. The molecule has 2 aromatic carbocycles. The van der Waals surface area contributed by atoms with Crippen molar-refractivity contribution in [3.05, 3.63) is 71.3 Å². The minimum absolute atomic E-state index is 0.170. The monoisotopic (exact) mass is 378 g/mol. The molecule has 1 fully saturated rings. The van der Waals surface area contributed by atoms with Crippen molar-refractivity contribution >= 4 is 6.09 Å². The number of amides is 1. The minimum atomic E-state index is -0.975. The number of carbonyl (C=O) groups is 1. The van der Waals surface area contributed by atoms with Crippen LogP contribution in [0.1, 0.15) is 56.3 Å². The van der Waals surface area contributed by atoms with Crippen molar-refractivity contribution in [1.29, 1.82) is 5.26 Å². The van der Waals surface area contributed by atoms with E-state index in [0.29, 0.717) is 24.9 Å². The van der Waals surface area contributed by atoms with Gasteiger partial charge in [0, 0.05) is 19.4 Å². The maximum Gasteiger partial charge on any atom is 0.411 e. The predicted molar refractivity (Wildman–Crippen MR) is 106 cm³/mol. The molecule has 1 unspecified atom stereocenters. The van der Waals surface area contributed by atoms with Crippen LogP contribution >= 0.6 is 0 Å². The number of nitrogens with zero attached hydrogens (tertiary/aromatic N) is 2. The normalized spacial score (nSPS) is 21.0. The van der Waals surface area contributed by atoms with E-state index >= 15 is 0 Å². The number of nitriles is 1. The molecule has 2 atom stereocenters. The Labute approximate surface area is 166 Å². The Bertz CT molecular complexity index is 865. The standard InChI is InChI=1S/C23H26N2O3/c1-17(19-11-9-18(15-24)10-12-19)25-14-13-23(28-21(25)26,16-22(2,3)27)20-7-5-4-6-8-20/h4-12,17,27H,13-14,16H2,1-3H3/t17-,23?/m0/s1. The molecule has 1 aliphatic heterocycles. The molecule has 0 aromatic heterocycles. The molecule has 0 spiro atoms. The number of carbonyl (C=O) groups excluding carboxylic acids is 1. The summed E-state index contributed by atoms with van der Waals surface area (Å²) in [5.74, 6) is 0. The average molecular weight is 378 g/mol. The Morgan fingerprint density at radius 1 is 1.21 bits per heavy atom. The van der Waals surface area contributed by atoms with Gasteiger partial charge in [-0.15, -0.1) is 0 Å². The third-order valence-electron chi connectivity index (χ3n) is 5.28. The molecule has 0 radical (unpaired) electrons. The van der Waals surface area contributed by atoms with Crippen molar-refractivity contribution in [3.63, 3.8) is 0 Å². The average Bonchev–Trinajstić information content (AvgIpc) is 2.67. The van der Waals surface area contributed by atoms with Gasteiger partial charge in [0.15, 0.2) is 0 Å². The Hall–Kier alpha value is -2.84. The van der Waals surface area contributed by atoms with Gasteiger partial charge < -0.3 is 14.7 Å². The zero-order valence-electron chi connectivity index (χ0n) is 16.6. The molecule has 146 valence electrons. The van der Waals surface area contributed by atoms with Gasteiger partial charge >= 0.3 is 6.09 Å². The van der Waals surface area contributed by atoms with Gasteiger partial charge in [-0.05, 0) is 44.0 Å². The highest BCUT2D eigenvalue weighted by atomic mass is 16.6. The molecule has 1 saturated heterocycles. The fraction of sp³-hybridized carbons (Fsp3) is 0.391. The summed E-state index contributed by atoms with van der Waals surface area (Å²) in [4.78, 5) is 14.7. The van der Waals surface area contributed by atoms with Gasteiger partial charge in [-0.3, -0.25) is 0 Å². The first-order chi connectivity index (χ1) is 13.2. The number of hydrogen-bond donors (Lipinski definition) is 1. The van der Waals surface area contributed by atoms with Gasteiger partial charge in [-0.2, -0.15) is 5.26 Å². The Morgan fingerprint density at radius 3 is 2.39 bits per heavy atom. The van der Waals surface area contributed by atoms with Crippen LogP contribution in [-0.4, -0.2) is 28.2 Å². The number of rotatable bonds is 5. The first-order valence-electron chi connectivity index (χ1n) is 9.52. The molecule has 5 nitrogen and oxygen atoms in total. The van der Waals surface area contributed by atoms with E-state index in [2.05, 4.69) is 6.07 Å². The van der Waals surface area contributed by atoms with Crippen LogP contribution in [0.4, 0.5) is 4.79 Å². The lowest BCUT2D eigenvalue weighted by Crippen LogP contribution is -2.51. The van der Waals surface area contributed by atoms with Crippen molar-refractivity contribution < 1.29 is 14.6 Å². The van der Waals surface area contributed by atoms with Gasteiger partial charge in [0.05, 0.1) is 23.3 Å². The second kappa shape index (κ2) is 7.65. The SMILES string of the molecule is C[C@@H](c1ccc(C#N)cc1)N1CCC(CC(C)(C)O)(c2ccccc2)OC1=O. The molecule has 3 rings (SSSR count). The lowest BCUT2D eigenvalue weighted by atomic mass is 9.80. The summed E-state index contributed by atoms with van der Waals surface area (Å²) in [6.45, 7) is 5.94. The van der Waals surface area contributed by atoms with Crippen LogP contribution in [0.15, 0.2) is 54.6 Å². The van der Waals surface area contributed by atoms with Gasteiger partial charge in [-0.25, -0.2) is 4.79 Å². The number of aliphatic hydroxyl groups is 1. The van der Waals surface area contributed by atoms with E-state index in [1.807, 2.05) is 49.4 Å². The van der Waals surface area contributed by atoms with Crippen LogP contribution in [-0.2, 0) is 10.3 Å². The third-order valence-corrected chi connectivity index (χ3v) is 5.28. The molecule has 0 saturated carbocycles. The fourth-order valence-electron chi connectivity index (χ4n) is 3.91. The first-order valence-corrected chi connectivity index (χ1v) is 9.52. The zero-order chi connectivity index (χ0) is 20.4. The van der Waals surface area contributed by atoms with Crippen molar-refractivity contribution in [3.8, 4) is 6.07 Å². The van der Waals surface area contributed by atoms with Crippen LogP contribution in [0.5, 0.6) is 0 Å². The predicted octanol–water partition coefficient (Wildman–Crippen LogP) is 4.52. The fourth-order valence-corrected chi connectivity index (χ4v) is 3.91. The molecule has 2 aromatic rings. The molecule has 0 bridgehead atoms. The highest BCUT2D eigenvalue weighted by Gasteiger charge is 2.46. The molecular formula is C23H26N2O3. The Balaban J connectivity index is 1.85. The Morgan fingerprint density at radius 2 is 1.86 bits per heavy atom. The summed E-state index contributed by atoms with van der Waals surface area (Å²) in [5.41, 5.74) is 0.612. The summed E-state index contributed by atoms with van der Waals surface area (Å²) >= 11 is 0. The smallest absolute Gasteiger partial charge is 0.411 e. The van der Waals surface area contributed by atoms with Crippen LogP contribution in [0.2, 0.25) is 0 Å². The van der Waals surface area contributed by atoms with Crippen molar-refractivity contribution in [2.75, 3.05) is 6.54 Å². The lowest BCUT2D eigenvalue weighted by molar-refractivity contribution is -0.101. The summed E-state index contributed by atoms with van der Waals surface area (Å²) in [7, 11) is 0. The molecule has 1 amide bonds. The van der Waals surface area contributed by atoms with E-state index in [1.165, 1.54) is 0 Å². The van der Waals surface area contributed by atoms with Gasteiger partial charge in [-0.1, -0.05) is 42.5 Å². The first kappa shape index (κ1) is 19.9. The number of hydrogen-bond acceptors (Lipinski definition) is 4. The highest BCUT2D eigenvalue weighted by Crippen LogP contribution is 2.42. The molecule has 1 heterocycles. The molecule has 28 heavy (non-hydrogen) atoms. The van der Waals surface area contributed by atoms with Crippen LogP contribution < -0.4 is 0 Å². The van der Waals surface area contributed by atoms with Gasteiger partial charge in [0.2, 0.25) is 0 Å². The quantitative estimate of drug-likeness (QED) is 0.830. The molecule has 0 aliphatic carbocycles. The summed E-state index contributed by atoms with van der Waals surface area (Å²) < 4.78 is 6.01. The third kappa shape index (κ3) is 4.18. The second-order valence-electron chi connectivity index (χ2n) is 8.07. The summed E-state index contributed by atoms with van der Waals surface area (Å²) in [6, 6.07) is 18.8. The van der Waals surface area contributed by atoms with Gasteiger partial charge in [0.1, 0.15) is 5.60 Å². The topological polar surface area (TPSA) is 73.6 Å². The second-order valence-corrected chi connectivity index (χ2v) is 8.07. The maximum atomic E-state index is 13.0. The number of benzene rings is 2. The Kier molecular flexibility index (Phi) is 5.44. The molecule has 5 heteroatoms. The summed E-state index contributed by atoms with van der Waals surface area (Å²) in [5, 5.41) is 19.4. The van der Waals surface area contributed by atoms with Crippen molar-refractivity contribution in [2.45, 2.75) is 50.9 Å². The summed E-state index contributed by atoms with van der Waals surface area (Å²) in [6.07, 6.45) is 0.526. The molecular weight excluding hydrogens is 352 g/mol. The van der Waals surface area contributed by atoms with Crippen LogP contribution in [0.25, 0.3) is 0 Å². The molecule has 1 aliphatic rings. The van der Waals surface area contributed by atoms with E-state index in [1.54, 1.807) is 30.9 Å². The minimum Gasteiger partial charge on any atom is -0.438 e.